The Morgan fingerprint density at radius 1 is 1.42 bits per heavy atom. The number of nitrogens with zero attached hydrogens (tertiary/aromatic N) is 1. The number of halogens is 1. The molecule has 19 heavy (non-hydrogen) atoms. The number of hydrogen-bond acceptors (Lipinski definition) is 4. The van der Waals surface area contributed by atoms with E-state index in [1.54, 1.807) is 0 Å². The predicted molar refractivity (Wildman–Crippen MR) is 92.3 cm³/mol. The first-order chi connectivity index (χ1) is 9.16. The van der Waals surface area contributed by atoms with Crippen LogP contribution in [0.2, 0.25) is 0 Å². The maximum absolute atomic E-state index is 5.61. The quantitative estimate of drug-likeness (QED) is 0.790. The minimum Gasteiger partial charge on any atom is -0.389 e. The first-order valence-electron chi connectivity index (χ1n) is 6.30. The van der Waals surface area contributed by atoms with Crippen LogP contribution < -0.4 is 11.1 Å². The molecule has 1 aromatic carbocycles. The summed E-state index contributed by atoms with van der Waals surface area (Å²) in [5.74, 6) is 2.51. The highest BCUT2D eigenvalue weighted by Gasteiger charge is 2.09. The van der Waals surface area contributed by atoms with E-state index in [0.29, 0.717) is 4.99 Å². The largest absolute Gasteiger partial charge is 0.389 e. The lowest BCUT2D eigenvalue weighted by molar-refractivity contribution is 0.314. The number of nitrogens with two attached hydrogens (primary N) is 1. The van der Waals surface area contributed by atoms with Crippen molar-refractivity contribution in [1.82, 2.24) is 4.90 Å². The minimum atomic E-state index is 0.429. The number of thioether (sulfide) groups is 1. The van der Waals surface area contributed by atoms with Gasteiger partial charge in [0.2, 0.25) is 0 Å². The van der Waals surface area contributed by atoms with Gasteiger partial charge in [-0.3, -0.25) is 4.90 Å². The Morgan fingerprint density at radius 2 is 2.16 bits per heavy atom. The predicted octanol–water partition coefficient (Wildman–Crippen LogP) is 2.54. The lowest BCUT2D eigenvalue weighted by atomic mass is 10.2. The standard InChI is InChI=1S/C13H18BrN3S2/c14-11-9-10(13(15)18)1-2-12(11)16-3-4-17-5-7-19-8-6-17/h1-2,9,16H,3-8H2,(H2,15,18). The zero-order valence-corrected chi connectivity index (χ0v) is 13.9. The molecular weight excluding hydrogens is 342 g/mol. The zero-order chi connectivity index (χ0) is 13.7. The molecule has 0 spiro atoms. The fourth-order valence-corrected chi connectivity index (χ4v) is 3.61. The van der Waals surface area contributed by atoms with E-state index in [0.717, 1.165) is 28.8 Å². The molecule has 0 aliphatic carbocycles. The van der Waals surface area contributed by atoms with E-state index in [9.17, 15) is 0 Å². The van der Waals surface area contributed by atoms with Gasteiger partial charge in [-0.2, -0.15) is 11.8 Å². The Kier molecular flexibility index (Phi) is 5.94. The smallest absolute Gasteiger partial charge is 0.104 e. The molecule has 1 aromatic rings. The number of hydrogen-bond donors (Lipinski definition) is 2. The Hall–Kier alpha value is -0.300. The number of nitrogens with one attached hydrogen (secondary N) is 1. The molecule has 0 aromatic heterocycles. The van der Waals surface area contributed by atoms with Crippen LogP contribution in [0.1, 0.15) is 5.56 Å². The SMILES string of the molecule is NC(=S)c1ccc(NCCN2CCSCC2)c(Br)c1. The molecule has 1 aliphatic heterocycles. The average molecular weight is 360 g/mol. The van der Waals surface area contributed by atoms with Crippen molar-refractivity contribution in [1.29, 1.82) is 0 Å². The summed E-state index contributed by atoms with van der Waals surface area (Å²) in [6, 6.07) is 5.93. The van der Waals surface area contributed by atoms with E-state index in [1.807, 2.05) is 30.0 Å². The third kappa shape index (κ3) is 4.63. The summed E-state index contributed by atoms with van der Waals surface area (Å²) in [5, 5.41) is 3.45. The minimum absolute atomic E-state index is 0.429. The van der Waals surface area contributed by atoms with E-state index in [4.69, 9.17) is 18.0 Å². The molecule has 1 saturated heterocycles. The van der Waals surface area contributed by atoms with Gasteiger partial charge >= 0.3 is 0 Å². The van der Waals surface area contributed by atoms with Crippen LogP contribution in [0.5, 0.6) is 0 Å². The molecule has 0 bridgehead atoms. The van der Waals surface area contributed by atoms with Crippen molar-refractivity contribution in [2.45, 2.75) is 0 Å². The van der Waals surface area contributed by atoms with E-state index in [1.165, 1.54) is 24.6 Å². The highest BCUT2D eigenvalue weighted by molar-refractivity contribution is 9.10. The van der Waals surface area contributed by atoms with Crippen molar-refractivity contribution in [3.63, 3.8) is 0 Å². The van der Waals surface area contributed by atoms with Gasteiger partial charge in [-0.15, -0.1) is 0 Å². The number of benzene rings is 1. The molecule has 0 unspecified atom stereocenters. The summed E-state index contributed by atoms with van der Waals surface area (Å²) in [6.07, 6.45) is 0. The van der Waals surface area contributed by atoms with Gasteiger partial charge in [-0.05, 0) is 34.1 Å². The molecule has 1 fully saturated rings. The van der Waals surface area contributed by atoms with Crippen LogP contribution >= 0.6 is 39.9 Å². The van der Waals surface area contributed by atoms with Crippen molar-refractivity contribution in [3.8, 4) is 0 Å². The number of rotatable bonds is 5. The van der Waals surface area contributed by atoms with Gasteiger partial charge in [0.25, 0.3) is 0 Å². The number of anilines is 1. The molecule has 3 nitrogen and oxygen atoms in total. The van der Waals surface area contributed by atoms with Gasteiger partial charge < -0.3 is 11.1 Å². The molecule has 3 N–H and O–H groups in total. The van der Waals surface area contributed by atoms with Crippen molar-refractivity contribution < 1.29 is 0 Å². The van der Waals surface area contributed by atoms with Crippen LogP contribution in [0.3, 0.4) is 0 Å². The summed E-state index contributed by atoms with van der Waals surface area (Å²) < 4.78 is 1.01. The van der Waals surface area contributed by atoms with Gasteiger partial charge in [-0.1, -0.05) is 12.2 Å². The van der Waals surface area contributed by atoms with Crippen molar-refractivity contribution >= 4 is 50.6 Å². The first-order valence-corrected chi connectivity index (χ1v) is 8.66. The molecule has 0 radical (unpaired) electrons. The maximum Gasteiger partial charge on any atom is 0.104 e. The Balaban J connectivity index is 1.83. The van der Waals surface area contributed by atoms with E-state index in [2.05, 4.69) is 26.1 Å². The number of thiocarbonyl (C=S) groups is 1. The van der Waals surface area contributed by atoms with Gasteiger partial charge in [0, 0.05) is 53.4 Å². The third-order valence-electron chi connectivity index (χ3n) is 3.10. The van der Waals surface area contributed by atoms with E-state index >= 15 is 0 Å². The summed E-state index contributed by atoms with van der Waals surface area (Å²) in [6.45, 7) is 4.45. The lowest BCUT2D eigenvalue weighted by Crippen LogP contribution is -2.36. The normalized spacial score (nSPS) is 16.3. The zero-order valence-electron chi connectivity index (χ0n) is 10.7. The molecule has 0 atom stereocenters. The maximum atomic E-state index is 5.61. The van der Waals surface area contributed by atoms with Crippen molar-refractivity contribution in [2.75, 3.05) is 43.0 Å². The molecule has 0 amide bonds. The summed E-state index contributed by atoms with van der Waals surface area (Å²) in [5.41, 5.74) is 7.59. The molecule has 6 heteroatoms. The van der Waals surface area contributed by atoms with Gasteiger partial charge in [0.15, 0.2) is 0 Å². The average Bonchev–Trinajstić information content (AvgIpc) is 2.41. The fraction of sp³-hybridized carbons (Fsp3) is 0.462. The second-order valence-electron chi connectivity index (χ2n) is 4.44. The topological polar surface area (TPSA) is 41.3 Å². The first kappa shape index (κ1) is 15.1. The monoisotopic (exact) mass is 359 g/mol. The van der Waals surface area contributed by atoms with Crippen LogP contribution in [0.4, 0.5) is 5.69 Å². The van der Waals surface area contributed by atoms with Gasteiger partial charge in [0.05, 0.1) is 0 Å². The fourth-order valence-electron chi connectivity index (χ4n) is 1.99. The van der Waals surface area contributed by atoms with Crippen molar-refractivity contribution in [3.05, 3.63) is 28.2 Å². The molecule has 1 aliphatic rings. The summed E-state index contributed by atoms with van der Waals surface area (Å²) >= 11 is 10.6. The Morgan fingerprint density at radius 3 is 2.79 bits per heavy atom. The highest BCUT2D eigenvalue weighted by atomic mass is 79.9. The highest BCUT2D eigenvalue weighted by Crippen LogP contribution is 2.23. The second kappa shape index (κ2) is 7.47. The van der Waals surface area contributed by atoms with Crippen LogP contribution in [0.25, 0.3) is 0 Å². The van der Waals surface area contributed by atoms with Crippen LogP contribution in [0.15, 0.2) is 22.7 Å². The Bertz CT molecular complexity index is 448. The summed E-state index contributed by atoms with van der Waals surface area (Å²) in [7, 11) is 0. The van der Waals surface area contributed by atoms with Crippen LogP contribution in [-0.2, 0) is 0 Å². The molecule has 1 heterocycles. The molecular formula is C13H18BrN3S2. The van der Waals surface area contributed by atoms with Crippen molar-refractivity contribution in [2.24, 2.45) is 5.73 Å². The second-order valence-corrected chi connectivity index (χ2v) is 6.96. The molecule has 104 valence electrons. The van der Waals surface area contributed by atoms with E-state index < -0.39 is 0 Å². The molecule has 2 rings (SSSR count). The third-order valence-corrected chi connectivity index (χ3v) is 4.94. The van der Waals surface area contributed by atoms with Crippen LogP contribution in [-0.4, -0.2) is 47.6 Å². The molecule has 0 saturated carbocycles. The Labute approximate surface area is 132 Å². The van der Waals surface area contributed by atoms with Gasteiger partial charge in [-0.25, -0.2) is 0 Å². The van der Waals surface area contributed by atoms with E-state index in [-0.39, 0.29) is 0 Å². The summed E-state index contributed by atoms with van der Waals surface area (Å²) in [4.78, 5) is 2.93. The van der Waals surface area contributed by atoms with Gasteiger partial charge in [0.1, 0.15) is 4.99 Å². The lowest BCUT2D eigenvalue weighted by Gasteiger charge is -2.26. The van der Waals surface area contributed by atoms with Crippen LogP contribution in [0, 0.1) is 0 Å².